The van der Waals surface area contributed by atoms with Crippen LogP contribution < -0.4 is 4.90 Å². The van der Waals surface area contributed by atoms with Gasteiger partial charge in [0.05, 0.1) is 23.0 Å². The molecule has 0 aliphatic carbocycles. The van der Waals surface area contributed by atoms with Gasteiger partial charge in [-0.15, -0.1) is 0 Å². The molecule has 3 heterocycles. The number of benzene rings is 1. The molecule has 0 N–H and O–H groups in total. The minimum atomic E-state index is -0.123. The highest BCUT2D eigenvalue weighted by atomic mass is 16.5. The molecule has 1 aliphatic rings. The maximum Gasteiger partial charge on any atom is 0.254 e. The minimum Gasteiger partial charge on any atom is -0.378 e. The molecule has 1 saturated heterocycles. The molecule has 1 aliphatic heterocycles. The molecule has 3 aromatic rings. The summed E-state index contributed by atoms with van der Waals surface area (Å²) >= 11 is 0. The fourth-order valence-corrected chi connectivity index (χ4v) is 3.96. The van der Waals surface area contributed by atoms with Crippen molar-refractivity contribution < 1.29 is 9.32 Å². The van der Waals surface area contributed by atoms with E-state index in [0.717, 1.165) is 41.0 Å². The summed E-state index contributed by atoms with van der Waals surface area (Å²) in [7, 11) is 3.94. The Balaban J connectivity index is 1.74. The Morgan fingerprint density at radius 3 is 2.73 bits per heavy atom. The first kappa shape index (κ1) is 20.1. The van der Waals surface area contributed by atoms with Gasteiger partial charge in [0.25, 0.3) is 5.91 Å². The lowest BCUT2D eigenvalue weighted by atomic mass is 10.0. The van der Waals surface area contributed by atoms with Gasteiger partial charge in [0.15, 0.2) is 5.76 Å². The summed E-state index contributed by atoms with van der Waals surface area (Å²) in [6, 6.07) is 7.62. The fraction of sp³-hybridized carbons (Fsp3) is 0.391. The lowest BCUT2D eigenvalue weighted by Crippen LogP contribution is -2.31. The Morgan fingerprint density at radius 1 is 1.23 bits per heavy atom. The molecule has 7 nitrogen and oxygen atoms in total. The number of amides is 1. The van der Waals surface area contributed by atoms with Gasteiger partial charge in [0, 0.05) is 43.7 Å². The van der Waals surface area contributed by atoms with E-state index in [1.54, 1.807) is 6.20 Å². The molecule has 1 fully saturated rings. The predicted octanol–water partition coefficient (Wildman–Crippen LogP) is 4.10. The van der Waals surface area contributed by atoms with E-state index in [1.807, 2.05) is 68.9 Å². The molecule has 30 heavy (non-hydrogen) atoms. The van der Waals surface area contributed by atoms with E-state index in [0.29, 0.717) is 23.7 Å². The highest BCUT2D eigenvalue weighted by molar-refractivity contribution is 5.95. The van der Waals surface area contributed by atoms with Crippen molar-refractivity contribution in [2.45, 2.75) is 39.7 Å². The lowest BCUT2D eigenvalue weighted by Gasteiger charge is -2.26. The van der Waals surface area contributed by atoms with Gasteiger partial charge in [-0.3, -0.25) is 4.79 Å². The largest absolute Gasteiger partial charge is 0.378 e. The third kappa shape index (κ3) is 3.56. The van der Waals surface area contributed by atoms with E-state index in [4.69, 9.17) is 9.51 Å². The second kappa shape index (κ2) is 7.89. The fourth-order valence-electron chi connectivity index (χ4n) is 3.96. The van der Waals surface area contributed by atoms with E-state index >= 15 is 0 Å². The first-order valence-electron chi connectivity index (χ1n) is 10.2. The smallest absolute Gasteiger partial charge is 0.254 e. The highest BCUT2D eigenvalue weighted by Crippen LogP contribution is 2.38. The third-order valence-corrected chi connectivity index (χ3v) is 5.78. The zero-order valence-electron chi connectivity index (χ0n) is 18.1. The summed E-state index contributed by atoms with van der Waals surface area (Å²) in [5.41, 5.74) is 5.14. The lowest BCUT2D eigenvalue weighted by molar-refractivity contribution is 0.0733. The van der Waals surface area contributed by atoms with Gasteiger partial charge >= 0.3 is 0 Å². The van der Waals surface area contributed by atoms with Gasteiger partial charge in [-0.05, 0) is 51.8 Å². The number of nitrogens with zero attached hydrogens (tertiary/aromatic N) is 5. The molecule has 7 heteroatoms. The van der Waals surface area contributed by atoms with Gasteiger partial charge in [-0.25, -0.2) is 9.97 Å². The van der Waals surface area contributed by atoms with Crippen molar-refractivity contribution in [2.24, 2.45) is 0 Å². The summed E-state index contributed by atoms with van der Waals surface area (Å²) in [6.45, 7) is 6.47. The van der Waals surface area contributed by atoms with Gasteiger partial charge in [-0.2, -0.15) is 0 Å². The van der Waals surface area contributed by atoms with Crippen LogP contribution in [0.15, 0.2) is 35.0 Å². The number of aromatic nitrogens is 3. The van der Waals surface area contributed by atoms with Crippen molar-refractivity contribution in [3.63, 3.8) is 0 Å². The minimum absolute atomic E-state index is 0.0221. The van der Waals surface area contributed by atoms with E-state index in [9.17, 15) is 4.79 Å². The Morgan fingerprint density at radius 2 is 2.03 bits per heavy atom. The number of likely N-dealkylation sites (tertiary alicyclic amines) is 1. The number of anilines is 1. The van der Waals surface area contributed by atoms with Crippen molar-refractivity contribution in [1.82, 2.24) is 20.0 Å². The van der Waals surface area contributed by atoms with Crippen molar-refractivity contribution >= 4 is 11.6 Å². The molecule has 1 unspecified atom stereocenters. The van der Waals surface area contributed by atoms with Crippen molar-refractivity contribution in [1.29, 1.82) is 0 Å². The summed E-state index contributed by atoms with van der Waals surface area (Å²) in [6.07, 6.45) is 3.58. The molecule has 1 atom stereocenters. The van der Waals surface area contributed by atoms with Crippen LogP contribution in [-0.2, 0) is 0 Å². The molecule has 1 aromatic carbocycles. The number of carbonyl (C=O) groups excluding carboxylic acids is 1. The van der Waals surface area contributed by atoms with Crippen LogP contribution in [0, 0.1) is 20.8 Å². The van der Waals surface area contributed by atoms with Crippen LogP contribution in [-0.4, -0.2) is 46.6 Å². The number of aryl methyl sites for hydroxylation is 2. The Labute approximate surface area is 176 Å². The zero-order chi connectivity index (χ0) is 21.4. The standard InChI is InChI=1S/C23H27N5O2/c1-14-15(2)26-30-22(14)19-13-24-16(3)25-21(19)20-10-7-11-28(20)23(29)17-8-6-9-18(12-17)27(4)5/h6,8-9,12-13,20H,7,10-11H2,1-5H3. The highest BCUT2D eigenvalue weighted by Gasteiger charge is 2.34. The molecular formula is C23H27N5O2. The van der Waals surface area contributed by atoms with Crippen LogP contribution in [0.2, 0.25) is 0 Å². The molecule has 2 aromatic heterocycles. The normalized spacial score (nSPS) is 16.2. The average molecular weight is 406 g/mol. The van der Waals surface area contributed by atoms with Crippen molar-refractivity contribution in [3.8, 4) is 11.3 Å². The van der Waals surface area contributed by atoms with E-state index in [-0.39, 0.29) is 11.9 Å². The Hall–Kier alpha value is -3.22. The first-order valence-corrected chi connectivity index (χ1v) is 10.2. The molecular weight excluding hydrogens is 378 g/mol. The first-order chi connectivity index (χ1) is 14.4. The summed E-state index contributed by atoms with van der Waals surface area (Å²) in [5.74, 6) is 1.38. The van der Waals surface area contributed by atoms with Gasteiger partial charge in [0.1, 0.15) is 5.82 Å². The van der Waals surface area contributed by atoms with Crippen LogP contribution in [0.25, 0.3) is 11.3 Å². The predicted molar refractivity (Wildman–Crippen MR) is 116 cm³/mol. The molecule has 0 bridgehead atoms. The topological polar surface area (TPSA) is 75.4 Å². The second-order valence-corrected chi connectivity index (χ2v) is 8.04. The number of carbonyl (C=O) groups is 1. The number of rotatable bonds is 4. The van der Waals surface area contributed by atoms with Crippen LogP contribution in [0.3, 0.4) is 0 Å². The van der Waals surface area contributed by atoms with E-state index in [2.05, 4.69) is 10.1 Å². The van der Waals surface area contributed by atoms with Gasteiger partial charge in [-0.1, -0.05) is 11.2 Å². The Bertz CT molecular complexity index is 1090. The SMILES string of the molecule is Cc1ncc(-c2onc(C)c2C)c(C2CCCN2C(=O)c2cccc(N(C)C)c2)n1. The summed E-state index contributed by atoms with van der Waals surface area (Å²) in [4.78, 5) is 26.5. The number of hydrogen-bond donors (Lipinski definition) is 0. The van der Waals surface area contributed by atoms with Crippen molar-refractivity contribution in [3.05, 3.63) is 58.8 Å². The molecule has 0 radical (unpaired) electrons. The Kier molecular flexibility index (Phi) is 5.28. The maximum absolute atomic E-state index is 13.4. The van der Waals surface area contributed by atoms with E-state index < -0.39 is 0 Å². The zero-order valence-corrected chi connectivity index (χ0v) is 18.1. The monoisotopic (exact) mass is 405 g/mol. The molecule has 4 rings (SSSR count). The van der Waals surface area contributed by atoms with Crippen LogP contribution in [0.1, 0.15) is 52.0 Å². The van der Waals surface area contributed by atoms with Crippen LogP contribution >= 0.6 is 0 Å². The van der Waals surface area contributed by atoms with Gasteiger partial charge in [0.2, 0.25) is 0 Å². The maximum atomic E-state index is 13.4. The number of hydrogen-bond acceptors (Lipinski definition) is 6. The molecule has 0 saturated carbocycles. The second-order valence-electron chi connectivity index (χ2n) is 8.04. The van der Waals surface area contributed by atoms with Gasteiger partial charge < -0.3 is 14.3 Å². The molecule has 0 spiro atoms. The van der Waals surface area contributed by atoms with Crippen LogP contribution in [0.4, 0.5) is 5.69 Å². The quantitative estimate of drug-likeness (QED) is 0.650. The average Bonchev–Trinajstić information content (AvgIpc) is 3.35. The van der Waals surface area contributed by atoms with Crippen molar-refractivity contribution in [2.75, 3.05) is 25.5 Å². The van der Waals surface area contributed by atoms with Crippen LogP contribution in [0.5, 0.6) is 0 Å². The third-order valence-electron chi connectivity index (χ3n) is 5.78. The van der Waals surface area contributed by atoms with E-state index in [1.165, 1.54) is 0 Å². The molecule has 1 amide bonds. The summed E-state index contributed by atoms with van der Waals surface area (Å²) < 4.78 is 5.60. The molecule has 156 valence electrons. The summed E-state index contributed by atoms with van der Waals surface area (Å²) in [5, 5.41) is 4.09.